The Balaban J connectivity index is 2.73. The summed E-state index contributed by atoms with van der Waals surface area (Å²) in [5.74, 6) is -0.887. The number of nitrogens with zero attached hydrogens (tertiary/aromatic N) is 1. The zero-order chi connectivity index (χ0) is 9.14. The van der Waals surface area contributed by atoms with Gasteiger partial charge < -0.3 is 15.7 Å². The van der Waals surface area contributed by atoms with Gasteiger partial charge in [0.2, 0.25) is 11.8 Å². The lowest BCUT2D eigenvalue weighted by atomic mass is 10.2. The first-order chi connectivity index (χ1) is 5.63. The highest BCUT2D eigenvalue weighted by atomic mass is 16.3. The van der Waals surface area contributed by atoms with E-state index in [-0.39, 0.29) is 6.42 Å². The number of aliphatic imine (C=N–C) groups is 1. The van der Waals surface area contributed by atoms with Crippen LogP contribution >= 0.6 is 0 Å². The van der Waals surface area contributed by atoms with Crippen LogP contribution in [0.3, 0.4) is 0 Å². The third-order valence-electron chi connectivity index (χ3n) is 1.45. The van der Waals surface area contributed by atoms with Gasteiger partial charge in [-0.2, -0.15) is 0 Å². The van der Waals surface area contributed by atoms with E-state index in [1.807, 2.05) is 5.32 Å². The SMILES string of the molecule is CNC(=O)[C@@H]1CC(=O)NC([O-])=N1. The topological polar surface area (TPSA) is 93.6 Å². The smallest absolute Gasteiger partial charge is 0.245 e. The maximum Gasteiger partial charge on any atom is 0.245 e. The Hall–Kier alpha value is -1.59. The summed E-state index contributed by atoms with van der Waals surface area (Å²) in [4.78, 5) is 25.1. The van der Waals surface area contributed by atoms with Gasteiger partial charge in [0.05, 0.1) is 12.4 Å². The fourth-order valence-corrected chi connectivity index (χ4v) is 0.883. The monoisotopic (exact) mass is 170 g/mol. The van der Waals surface area contributed by atoms with E-state index in [2.05, 4.69) is 10.3 Å². The van der Waals surface area contributed by atoms with Gasteiger partial charge in [-0.3, -0.25) is 14.6 Å². The predicted octanol–water partition coefficient (Wildman–Crippen LogP) is -2.66. The van der Waals surface area contributed by atoms with Crippen molar-refractivity contribution in [1.29, 1.82) is 0 Å². The lowest BCUT2D eigenvalue weighted by Gasteiger charge is -2.22. The van der Waals surface area contributed by atoms with Crippen molar-refractivity contribution < 1.29 is 14.7 Å². The molecule has 0 radical (unpaired) electrons. The Bertz CT molecular complexity index is 248. The molecular formula is C6H8N3O3-. The molecule has 1 atom stereocenters. The first kappa shape index (κ1) is 8.51. The van der Waals surface area contributed by atoms with Crippen LogP contribution in [0.1, 0.15) is 6.42 Å². The van der Waals surface area contributed by atoms with Crippen LogP contribution in [0.4, 0.5) is 0 Å². The number of rotatable bonds is 1. The van der Waals surface area contributed by atoms with Crippen molar-refractivity contribution in [1.82, 2.24) is 10.6 Å². The molecule has 1 aliphatic rings. The highest BCUT2D eigenvalue weighted by Gasteiger charge is 2.22. The van der Waals surface area contributed by atoms with Crippen LogP contribution < -0.4 is 15.7 Å². The zero-order valence-electron chi connectivity index (χ0n) is 6.46. The van der Waals surface area contributed by atoms with Gasteiger partial charge in [-0.25, -0.2) is 0 Å². The highest BCUT2D eigenvalue weighted by molar-refractivity contribution is 5.99. The molecule has 0 saturated carbocycles. The molecule has 0 bridgehead atoms. The van der Waals surface area contributed by atoms with Gasteiger partial charge in [-0.1, -0.05) is 0 Å². The van der Waals surface area contributed by atoms with Crippen molar-refractivity contribution in [2.75, 3.05) is 7.05 Å². The highest BCUT2D eigenvalue weighted by Crippen LogP contribution is 2.01. The Labute approximate surface area is 68.7 Å². The normalized spacial score (nSPS) is 22.6. The molecule has 12 heavy (non-hydrogen) atoms. The maximum atomic E-state index is 10.9. The molecule has 0 spiro atoms. The summed E-state index contributed by atoms with van der Waals surface area (Å²) in [6.07, 6.45) is -0.0641. The molecule has 1 heterocycles. The zero-order valence-corrected chi connectivity index (χ0v) is 6.46. The molecule has 0 aliphatic carbocycles. The summed E-state index contributed by atoms with van der Waals surface area (Å²) in [5, 5.41) is 14.9. The van der Waals surface area contributed by atoms with Gasteiger partial charge >= 0.3 is 0 Å². The molecule has 0 unspecified atom stereocenters. The number of nitrogens with one attached hydrogen (secondary N) is 2. The number of carbonyl (C=O) groups excluding carboxylic acids is 2. The largest absolute Gasteiger partial charge is 0.846 e. The molecular weight excluding hydrogens is 162 g/mol. The van der Waals surface area contributed by atoms with Crippen molar-refractivity contribution in [2.45, 2.75) is 12.5 Å². The average Bonchev–Trinajstić information content (AvgIpc) is 2.01. The van der Waals surface area contributed by atoms with Crippen molar-refractivity contribution in [3.8, 4) is 0 Å². The lowest BCUT2D eigenvalue weighted by Crippen LogP contribution is -2.48. The van der Waals surface area contributed by atoms with Gasteiger partial charge in [-0.05, 0) is 0 Å². The molecule has 0 aromatic rings. The van der Waals surface area contributed by atoms with E-state index < -0.39 is 23.9 Å². The second-order valence-electron chi connectivity index (χ2n) is 2.32. The minimum Gasteiger partial charge on any atom is -0.846 e. The molecule has 1 aliphatic heterocycles. The molecule has 0 fully saturated rings. The fraction of sp³-hybridized carbons (Fsp3) is 0.500. The van der Waals surface area contributed by atoms with Crippen molar-refractivity contribution in [2.24, 2.45) is 4.99 Å². The summed E-state index contributed by atoms with van der Waals surface area (Å²) in [6, 6.07) is -1.61. The van der Waals surface area contributed by atoms with Crippen LogP contribution in [0.5, 0.6) is 0 Å². The molecule has 66 valence electrons. The van der Waals surface area contributed by atoms with Crippen LogP contribution in [-0.2, 0) is 9.59 Å². The van der Waals surface area contributed by atoms with Crippen LogP contribution in [-0.4, -0.2) is 30.9 Å². The summed E-state index contributed by atoms with van der Waals surface area (Å²) < 4.78 is 0. The molecule has 1 rings (SSSR count). The molecule has 0 aromatic carbocycles. The second kappa shape index (κ2) is 3.21. The van der Waals surface area contributed by atoms with Crippen molar-refractivity contribution >= 4 is 17.8 Å². The Morgan fingerprint density at radius 2 is 2.50 bits per heavy atom. The standard InChI is InChI=1S/C6H9N3O3/c1-7-5(11)3-2-4(10)9-6(12)8-3/h3H,2H2,1H3,(H,7,11)(H2,8,9,10,12)/p-1/t3-/m0/s1. The summed E-state index contributed by atoms with van der Waals surface area (Å²) in [5.41, 5.74) is 0. The van der Waals surface area contributed by atoms with E-state index in [1.54, 1.807) is 0 Å². The molecule has 6 nitrogen and oxygen atoms in total. The number of amidine groups is 1. The number of amides is 2. The Morgan fingerprint density at radius 3 is 3.00 bits per heavy atom. The minimum absolute atomic E-state index is 0.0641. The first-order valence-electron chi connectivity index (χ1n) is 3.39. The van der Waals surface area contributed by atoms with Gasteiger partial charge in [-0.15, -0.1) is 0 Å². The molecule has 0 saturated heterocycles. The van der Waals surface area contributed by atoms with Gasteiger partial charge in [0.25, 0.3) is 0 Å². The van der Waals surface area contributed by atoms with Crippen molar-refractivity contribution in [3.63, 3.8) is 0 Å². The summed E-state index contributed by atoms with van der Waals surface area (Å²) in [6.45, 7) is 0. The second-order valence-corrected chi connectivity index (χ2v) is 2.32. The van der Waals surface area contributed by atoms with Gasteiger partial charge in [0.1, 0.15) is 6.04 Å². The quantitative estimate of drug-likeness (QED) is 0.449. The van der Waals surface area contributed by atoms with E-state index in [0.29, 0.717) is 0 Å². The van der Waals surface area contributed by atoms with E-state index >= 15 is 0 Å². The van der Waals surface area contributed by atoms with Gasteiger partial charge in [0.15, 0.2) is 0 Å². The summed E-state index contributed by atoms with van der Waals surface area (Å²) in [7, 11) is 1.43. The molecule has 2 amide bonds. The Morgan fingerprint density at radius 1 is 1.83 bits per heavy atom. The van der Waals surface area contributed by atoms with Crippen LogP contribution in [0.25, 0.3) is 0 Å². The molecule has 0 aromatic heterocycles. The van der Waals surface area contributed by atoms with E-state index in [4.69, 9.17) is 0 Å². The summed E-state index contributed by atoms with van der Waals surface area (Å²) >= 11 is 0. The van der Waals surface area contributed by atoms with Crippen molar-refractivity contribution in [3.05, 3.63) is 0 Å². The van der Waals surface area contributed by atoms with Gasteiger partial charge in [0, 0.05) is 7.05 Å². The number of likely N-dealkylation sites (N-methyl/N-ethyl adjacent to an activating group) is 1. The minimum atomic E-state index is -0.865. The number of hydrogen-bond donors (Lipinski definition) is 2. The van der Waals surface area contributed by atoms with E-state index in [0.717, 1.165) is 0 Å². The van der Waals surface area contributed by atoms with Crippen LogP contribution in [0, 0.1) is 0 Å². The molecule has 6 heteroatoms. The number of hydrogen-bond acceptors (Lipinski definition) is 4. The van der Waals surface area contributed by atoms with E-state index in [1.165, 1.54) is 7.05 Å². The maximum absolute atomic E-state index is 10.9. The number of carbonyl (C=O) groups is 2. The third-order valence-corrected chi connectivity index (χ3v) is 1.45. The third kappa shape index (κ3) is 1.71. The molecule has 2 N–H and O–H groups in total. The van der Waals surface area contributed by atoms with Crippen LogP contribution in [0.15, 0.2) is 4.99 Å². The average molecular weight is 170 g/mol. The lowest BCUT2D eigenvalue weighted by molar-refractivity contribution is -0.223. The van der Waals surface area contributed by atoms with Crippen LogP contribution in [0.2, 0.25) is 0 Å². The van der Waals surface area contributed by atoms with E-state index in [9.17, 15) is 14.7 Å². The predicted molar refractivity (Wildman–Crippen MR) is 38.0 cm³/mol. The first-order valence-corrected chi connectivity index (χ1v) is 3.39. The Kier molecular flexibility index (Phi) is 2.27. The fourth-order valence-electron chi connectivity index (χ4n) is 0.883.